The number of anilines is 1. The first-order chi connectivity index (χ1) is 8.97. The van der Waals surface area contributed by atoms with Crippen molar-refractivity contribution in [2.75, 3.05) is 18.4 Å². The minimum absolute atomic E-state index is 0.220. The topological polar surface area (TPSA) is 87.5 Å². The SMILES string of the molecule is Cc1cc(NC(=O)N2CCC(C(=O)O)CC2)nn1C. The number of hydrogen-bond donors (Lipinski definition) is 2. The molecular weight excluding hydrogens is 248 g/mol. The third-order valence-electron chi connectivity index (χ3n) is 3.48. The summed E-state index contributed by atoms with van der Waals surface area (Å²) in [7, 11) is 1.81. The van der Waals surface area contributed by atoms with Crippen LogP contribution in [0.4, 0.5) is 10.6 Å². The number of carboxylic acid groups (broad SMARTS) is 1. The highest BCUT2D eigenvalue weighted by Gasteiger charge is 2.27. The Kier molecular flexibility index (Phi) is 3.73. The van der Waals surface area contributed by atoms with E-state index in [9.17, 15) is 9.59 Å². The normalized spacial score (nSPS) is 16.4. The number of aliphatic carboxylic acids is 1. The van der Waals surface area contributed by atoms with Crippen molar-refractivity contribution >= 4 is 17.8 Å². The van der Waals surface area contributed by atoms with Crippen LogP contribution in [0.1, 0.15) is 18.5 Å². The van der Waals surface area contributed by atoms with E-state index in [4.69, 9.17) is 5.11 Å². The van der Waals surface area contributed by atoms with Gasteiger partial charge in [0.1, 0.15) is 0 Å². The van der Waals surface area contributed by atoms with Gasteiger partial charge in [-0.3, -0.25) is 14.8 Å². The molecule has 1 fully saturated rings. The third kappa shape index (κ3) is 3.04. The molecule has 7 nitrogen and oxygen atoms in total. The van der Waals surface area contributed by atoms with Crippen LogP contribution in [-0.4, -0.2) is 44.9 Å². The van der Waals surface area contributed by atoms with Gasteiger partial charge < -0.3 is 10.0 Å². The van der Waals surface area contributed by atoms with Crippen LogP contribution in [0.15, 0.2) is 6.07 Å². The molecule has 2 amide bonds. The molecule has 2 N–H and O–H groups in total. The van der Waals surface area contributed by atoms with Crippen molar-refractivity contribution in [3.63, 3.8) is 0 Å². The molecular formula is C12H18N4O3. The predicted molar refractivity (Wildman–Crippen MR) is 68.9 cm³/mol. The zero-order valence-corrected chi connectivity index (χ0v) is 11.1. The van der Waals surface area contributed by atoms with E-state index in [1.54, 1.807) is 15.6 Å². The number of nitrogens with zero attached hydrogens (tertiary/aromatic N) is 3. The summed E-state index contributed by atoms with van der Waals surface area (Å²) >= 11 is 0. The molecule has 1 aromatic heterocycles. The molecule has 1 aliphatic rings. The van der Waals surface area contributed by atoms with Gasteiger partial charge in [0.05, 0.1) is 5.92 Å². The third-order valence-corrected chi connectivity index (χ3v) is 3.48. The fourth-order valence-corrected chi connectivity index (χ4v) is 2.14. The van der Waals surface area contributed by atoms with Gasteiger partial charge in [-0.25, -0.2) is 4.79 Å². The molecule has 7 heteroatoms. The van der Waals surface area contributed by atoms with Crippen LogP contribution >= 0.6 is 0 Å². The largest absolute Gasteiger partial charge is 0.481 e. The maximum Gasteiger partial charge on any atom is 0.323 e. The van der Waals surface area contributed by atoms with Gasteiger partial charge >= 0.3 is 12.0 Å². The summed E-state index contributed by atoms with van der Waals surface area (Å²) in [5, 5.41) is 15.8. The van der Waals surface area contributed by atoms with Crippen molar-refractivity contribution in [2.45, 2.75) is 19.8 Å². The molecule has 2 rings (SSSR count). The fraction of sp³-hybridized carbons (Fsp3) is 0.583. The molecule has 0 saturated carbocycles. The van der Waals surface area contributed by atoms with Gasteiger partial charge in [0.2, 0.25) is 0 Å². The zero-order valence-electron chi connectivity index (χ0n) is 11.1. The Morgan fingerprint density at radius 2 is 2.05 bits per heavy atom. The van der Waals surface area contributed by atoms with E-state index >= 15 is 0 Å². The Morgan fingerprint density at radius 3 is 2.53 bits per heavy atom. The van der Waals surface area contributed by atoms with Gasteiger partial charge in [-0.2, -0.15) is 5.10 Å². The monoisotopic (exact) mass is 266 g/mol. The maximum absolute atomic E-state index is 12.0. The lowest BCUT2D eigenvalue weighted by atomic mass is 9.97. The van der Waals surface area contributed by atoms with Crippen LogP contribution in [0.3, 0.4) is 0 Å². The second-order valence-electron chi connectivity index (χ2n) is 4.82. The Balaban J connectivity index is 1.89. The molecule has 1 saturated heterocycles. The first-order valence-electron chi connectivity index (χ1n) is 6.26. The summed E-state index contributed by atoms with van der Waals surface area (Å²) in [6, 6.07) is 1.57. The van der Waals surface area contributed by atoms with Crippen LogP contribution < -0.4 is 5.32 Å². The van der Waals surface area contributed by atoms with E-state index in [1.165, 1.54) is 0 Å². The van der Waals surface area contributed by atoms with Crippen molar-refractivity contribution in [2.24, 2.45) is 13.0 Å². The number of aryl methyl sites for hydroxylation is 2. The number of aromatic nitrogens is 2. The van der Waals surface area contributed by atoms with Gasteiger partial charge in [-0.1, -0.05) is 0 Å². The second kappa shape index (κ2) is 5.29. The van der Waals surface area contributed by atoms with Crippen LogP contribution in [0.25, 0.3) is 0 Å². The molecule has 104 valence electrons. The molecule has 0 atom stereocenters. The average Bonchev–Trinajstić information content (AvgIpc) is 2.68. The second-order valence-corrected chi connectivity index (χ2v) is 4.82. The lowest BCUT2D eigenvalue weighted by Crippen LogP contribution is -2.42. The van der Waals surface area contributed by atoms with Crippen molar-refractivity contribution in [1.29, 1.82) is 0 Å². The van der Waals surface area contributed by atoms with Crippen molar-refractivity contribution < 1.29 is 14.7 Å². The zero-order chi connectivity index (χ0) is 14.0. The molecule has 0 aromatic carbocycles. The van der Waals surface area contributed by atoms with Gasteiger partial charge in [-0.05, 0) is 19.8 Å². The first kappa shape index (κ1) is 13.4. The molecule has 0 unspecified atom stereocenters. The van der Waals surface area contributed by atoms with Gasteiger partial charge in [-0.15, -0.1) is 0 Å². The molecule has 2 heterocycles. The van der Waals surface area contributed by atoms with Crippen LogP contribution in [0, 0.1) is 12.8 Å². The number of carboxylic acids is 1. The fourth-order valence-electron chi connectivity index (χ4n) is 2.14. The maximum atomic E-state index is 12.0. The number of carbonyl (C=O) groups excluding carboxylic acids is 1. The van der Waals surface area contributed by atoms with E-state index in [2.05, 4.69) is 10.4 Å². The number of carbonyl (C=O) groups is 2. The summed E-state index contributed by atoms with van der Waals surface area (Å²) in [4.78, 5) is 24.4. The number of amides is 2. The van der Waals surface area contributed by atoms with E-state index in [0.29, 0.717) is 31.7 Å². The molecule has 0 aliphatic carbocycles. The summed E-state index contributed by atoms with van der Waals surface area (Å²) in [5.74, 6) is -0.591. The number of rotatable bonds is 2. The number of piperidine rings is 1. The summed E-state index contributed by atoms with van der Waals surface area (Å²) < 4.78 is 1.69. The van der Waals surface area contributed by atoms with E-state index in [-0.39, 0.29) is 11.9 Å². The minimum atomic E-state index is -0.777. The Hall–Kier alpha value is -2.05. The highest BCUT2D eigenvalue weighted by molar-refractivity contribution is 5.88. The summed E-state index contributed by atoms with van der Waals surface area (Å²) in [6.45, 7) is 2.84. The number of nitrogens with one attached hydrogen (secondary N) is 1. The minimum Gasteiger partial charge on any atom is -0.481 e. The van der Waals surface area contributed by atoms with E-state index in [1.807, 2.05) is 14.0 Å². The van der Waals surface area contributed by atoms with Crippen molar-refractivity contribution in [1.82, 2.24) is 14.7 Å². The number of likely N-dealkylation sites (tertiary alicyclic amines) is 1. The predicted octanol–water partition coefficient (Wildman–Crippen LogP) is 1.06. The Bertz CT molecular complexity index is 470. The van der Waals surface area contributed by atoms with Gasteiger partial charge in [0.15, 0.2) is 5.82 Å². The summed E-state index contributed by atoms with van der Waals surface area (Å²) in [6.07, 6.45) is 1.01. The molecule has 1 aromatic rings. The number of urea groups is 1. The first-order valence-corrected chi connectivity index (χ1v) is 6.26. The van der Waals surface area contributed by atoms with Crippen LogP contribution in [-0.2, 0) is 11.8 Å². The highest BCUT2D eigenvalue weighted by atomic mass is 16.4. The molecule has 0 radical (unpaired) electrons. The van der Waals surface area contributed by atoms with E-state index in [0.717, 1.165) is 5.69 Å². The average molecular weight is 266 g/mol. The standard InChI is InChI=1S/C12H18N4O3/c1-8-7-10(14-15(8)2)13-12(19)16-5-3-9(4-6-16)11(17)18/h7,9H,3-6H2,1-2H3,(H,17,18)(H,13,14,19). The quantitative estimate of drug-likeness (QED) is 0.837. The van der Waals surface area contributed by atoms with Crippen LogP contribution in [0.5, 0.6) is 0 Å². The Morgan fingerprint density at radius 1 is 1.42 bits per heavy atom. The lowest BCUT2D eigenvalue weighted by molar-refractivity contribution is -0.143. The number of hydrogen-bond acceptors (Lipinski definition) is 3. The molecule has 1 aliphatic heterocycles. The van der Waals surface area contributed by atoms with Crippen molar-refractivity contribution in [3.05, 3.63) is 11.8 Å². The highest BCUT2D eigenvalue weighted by Crippen LogP contribution is 2.18. The van der Waals surface area contributed by atoms with Crippen LogP contribution in [0.2, 0.25) is 0 Å². The summed E-state index contributed by atoms with van der Waals surface area (Å²) in [5.41, 5.74) is 0.958. The molecule has 0 bridgehead atoms. The van der Waals surface area contributed by atoms with Gasteiger partial charge in [0, 0.05) is 31.9 Å². The van der Waals surface area contributed by atoms with Gasteiger partial charge in [0.25, 0.3) is 0 Å². The van der Waals surface area contributed by atoms with E-state index < -0.39 is 5.97 Å². The Labute approximate surface area is 111 Å². The molecule has 19 heavy (non-hydrogen) atoms. The molecule has 0 spiro atoms. The van der Waals surface area contributed by atoms with Crippen molar-refractivity contribution in [3.8, 4) is 0 Å². The smallest absolute Gasteiger partial charge is 0.323 e. The lowest BCUT2D eigenvalue weighted by Gasteiger charge is -2.29.